The fourth-order valence-corrected chi connectivity index (χ4v) is 6.61. The number of fused-ring (bicyclic) bond motifs is 2. The highest BCUT2D eigenvalue weighted by Gasteiger charge is 2.40. The van der Waals surface area contributed by atoms with Crippen LogP contribution in [0.5, 0.6) is 0 Å². The second kappa shape index (κ2) is 13.8. The topological polar surface area (TPSA) is 154 Å². The van der Waals surface area contributed by atoms with E-state index in [1.807, 2.05) is 0 Å². The Kier molecular flexibility index (Phi) is 9.48. The third kappa shape index (κ3) is 6.50. The van der Waals surface area contributed by atoms with Crippen LogP contribution in [0, 0.1) is 13.8 Å². The number of carbonyl (C=O) groups is 4. The van der Waals surface area contributed by atoms with Crippen LogP contribution in [0.15, 0.2) is 97.1 Å². The molecule has 6 N–H and O–H groups in total. The molecule has 0 radical (unpaired) electrons. The number of aromatic nitrogens is 2. The van der Waals surface area contributed by atoms with Crippen LogP contribution in [-0.4, -0.2) is 44.8 Å². The van der Waals surface area contributed by atoms with Crippen LogP contribution in [0.3, 0.4) is 0 Å². The first kappa shape index (κ1) is 37.2. The number of nitrogens with zero attached hydrogens (tertiary/aromatic N) is 2. The summed E-state index contributed by atoms with van der Waals surface area (Å²) in [5.74, 6) is -4.64. The summed E-state index contributed by atoms with van der Waals surface area (Å²) in [6.07, 6.45) is -9.82. The first-order chi connectivity index (χ1) is 25.4. The van der Waals surface area contributed by atoms with Crippen molar-refractivity contribution in [2.24, 2.45) is 11.5 Å². The van der Waals surface area contributed by atoms with Crippen molar-refractivity contribution < 1.29 is 45.5 Å². The lowest BCUT2D eigenvalue weighted by Gasteiger charge is -2.29. The lowest BCUT2D eigenvalue weighted by atomic mass is 9.99. The van der Waals surface area contributed by atoms with Crippen LogP contribution in [-0.2, 0) is 21.9 Å². The summed E-state index contributed by atoms with van der Waals surface area (Å²) in [5.41, 5.74) is 13.4. The number of hydrogen-bond donors (Lipinski definition) is 4. The van der Waals surface area contributed by atoms with Gasteiger partial charge < -0.3 is 22.3 Å². The molecule has 0 bridgehead atoms. The van der Waals surface area contributed by atoms with Gasteiger partial charge >= 0.3 is 12.4 Å². The first-order valence-electron chi connectivity index (χ1n) is 16.2. The Labute approximate surface area is 302 Å². The third-order valence-electron chi connectivity index (χ3n) is 9.12. The molecular weight excluding hydrogens is 718 g/mol. The molecule has 2 amide bonds. The van der Waals surface area contributed by atoms with Crippen molar-refractivity contribution in [1.29, 1.82) is 0 Å². The van der Waals surface area contributed by atoms with Crippen molar-refractivity contribution in [2.45, 2.75) is 38.3 Å². The molecule has 0 aliphatic rings. The second-order valence-corrected chi connectivity index (χ2v) is 12.4. The van der Waals surface area contributed by atoms with E-state index in [-0.39, 0.29) is 33.5 Å². The zero-order valence-corrected chi connectivity index (χ0v) is 28.3. The van der Waals surface area contributed by atoms with Gasteiger partial charge in [0.15, 0.2) is 12.1 Å². The summed E-state index contributed by atoms with van der Waals surface area (Å²) >= 11 is 0. The molecule has 0 saturated carbocycles. The standard InChI is InChI=1S/C38H30F6N6O4/c1-19-21-11-5-9-17-27(21)49(31(19)33(51)23-13-3-7-15-25(23)37(39,40)41)47-29(35(45)53)30(36(46)54)48-50-28-18-10-6-12-22(28)20(2)32(50)34(52)24-14-4-8-16-26(24)38(42,43)44/h3-18,29-30,47-48H,1-2H3,(H2,45,53)(H2,46,54). The molecule has 2 aromatic heterocycles. The number of ketones is 2. The highest BCUT2D eigenvalue weighted by molar-refractivity contribution is 6.14. The SMILES string of the molecule is Cc1c(C(=O)c2ccccc2C(F)(F)F)n(NC(C(N)=O)C(Nn2c(C(=O)c3ccccc3C(F)(F)F)c(C)c3ccccc32)C(N)=O)c2ccccc12. The summed E-state index contributed by atoms with van der Waals surface area (Å²) in [4.78, 5) is 54.6. The van der Waals surface area contributed by atoms with Gasteiger partial charge in [-0.3, -0.25) is 28.5 Å². The van der Waals surface area contributed by atoms with E-state index in [1.165, 1.54) is 38.1 Å². The largest absolute Gasteiger partial charge is 0.417 e. The van der Waals surface area contributed by atoms with Gasteiger partial charge in [-0.1, -0.05) is 72.8 Å². The van der Waals surface area contributed by atoms with Gasteiger partial charge in [0.05, 0.1) is 22.2 Å². The number of benzene rings is 4. The molecule has 0 fully saturated rings. The van der Waals surface area contributed by atoms with Gasteiger partial charge in [0.25, 0.3) is 0 Å². The molecule has 16 heteroatoms. The molecule has 2 unspecified atom stereocenters. The van der Waals surface area contributed by atoms with Crippen LogP contribution in [0.4, 0.5) is 26.3 Å². The number of rotatable bonds is 11. The van der Waals surface area contributed by atoms with E-state index in [0.717, 1.165) is 45.8 Å². The van der Waals surface area contributed by atoms with E-state index in [1.54, 1.807) is 36.4 Å². The van der Waals surface area contributed by atoms with Gasteiger partial charge in [0.1, 0.15) is 11.4 Å². The van der Waals surface area contributed by atoms with Crippen molar-refractivity contribution in [2.75, 3.05) is 10.9 Å². The lowest BCUT2D eigenvalue weighted by Crippen LogP contribution is -2.58. The minimum atomic E-state index is -4.91. The minimum absolute atomic E-state index is 0.208. The van der Waals surface area contributed by atoms with Gasteiger partial charge in [-0.25, -0.2) is 0 Å². The summed E-state index contributed by atoms with van der Waals surface area (Å²) in [6.45, 7) is 2.97. The molecule has 6 rings (SSSR count). The average molecular weight is 749 g/mol. The highest BCUT2D eigenvalue weighted by atomic mass is 19.4. The predicted molar refractivity (Wildman–Crippen MR) is 188 cm³/mol. The number of primary amides is 2. The Morgan fingerprint density at radius 1 is 0.537 bits per heavy atom. The van der Waals surface area contributed by atoms with Gasteiger partial charge in [0, 0.05) is 21.9 Å². The van der Waals surface area contributed by atoms with Crippen molar-refractivity contribution in [1.82, 2.24) is 9.35 Å². The first-order valence-corrected chi connectivity index (χ1v) is 16.2. The molecule has 4 aromatic carbocycles. The molecule has 0 aliphatic carbocycles. The van der Waals surface area contributed by atoms with E-state index >= 15 is 0 Å². The van der Waals surface area contributed by atoms with Crippen molar-refractivity contribution in [3.05, 3.63) is 142 Å². The number of nitrogens with two attached hydrogens (primary N) is 2. The summed E-state index contributed by atoms with van der Waals surface area (Å²) < 4.78 is 86.4. The third-order valence-corrected chi connectivity index (χ3v) is 9.12. The van der Waals surface area contributed by atoms with Crippen molar-refractivity contribution in [3.63, 3.8) is 0 Å². The van der Waals surface area contributed by atoms with Gasteiger partial charge in [-0.2, -0.15) is 26.3 Å². The Bertz CT molecular complexity index is 2310. The number of amides is 2. The van der Waals surface area contributed by atoms with Crippen LogP contribution in [0.2, 0.25) is 0 Å². The summed E-state index contributed by atoms with van der Waals surface area (Å²) in [5, 5.41) is 0.792. The minimum Gasteiger partial charge on any atom is -0.368 e. The van der Waals surface area contributed by atoms with E-state index < -0.39 is 70.1 Å². The molecule has 278 valence electrons. The normalized spacial score (nSPS) is 13.1. The van der Waals surface area contributed by atoms with E-state index in [4.69, 9.17) is 11.5 Å². The zero-order valence-electron chi connectivity index (χ0n) is 28.3. The van der Waals surface area contributed by atoms with Crippen LogP contribution >= 0.6 is 0 Å². The summed E-state index contributed by atoms with van der Waals surface area (Å²) in [7, 11) is 0. The maximum absolute atomic E-state index is 14.1. The Morgan fingerprint density at radius 3 is 1.19 bits per heavy atom. The maximum atomic E-state index is 14.1. The van der Waals surface area contributed by atoms with Gasteiger partial charge in [-0.15, -0.1) is 0 Å². The predicted octanol–water partition coefficient (Wildman–Crippen LogP) is 6.21. The molecule has 2 atom stereocenters. The number of nitrogens with one attached hydrogen (secondary N) is 2. The molecule has 2 heterocycles. The molecule has 0 spiro atoms. The quantitative estimate of drug-likeness (QED) is 0.0914. The molecular formula is C38H30F6N6O4. The maximum Gasteiger partial charge on any atom is 0.417 e. The molecule has 0 aliphatic heterocycles. The number of alkyl halides is 6. The monoisotopic (exact) mass is 748 g/mol. The van der Waals surface area contributed by atoms with Crippen LogP contribution in [0.1, 0.15) is 54.4 Å². The fourth-order valence-electron chi connectivity index (χ4n) is 6.61. The Balaban J connectivity index is 1.51. The zero-order chi connectivity index (χ0) is 39.3. The second-order valence-electron chi connectivity index (χ2n) is 12.4. The molecule has 10 nitrogen and oxygen atoms in total. The number of para-hydroxylation sites is 2. The van der Waals surface area contributed by atoms with Gasteiger partial charge in [0.2, 0.25) is 23.4 Å². The van der Waals surface area contributed by atoms with Gasteiger partial charge in [-0.05, 0) is 49.2 Å². The fraction of sp³-hybridized carbons (Fsp3) is 0.158. The number of carbonyl (C=O) groups excluding carboxylic acids is 4. The number of hydrogen-bond acceptors (Lipinski definition) is 6. The molecule has 6 aromatic rings. The van der Waals surface area contributed by atoms with Crippen LogP contribution < -0.4 is 22.3 Å². The van der Waals surface area contributed by atoms with Crippen molar-refractivity contribution in [3.8, 4) is 0 Å². The molecule has 0 saturated heterocycles. The van der Waals surface area contributed by atoms with Crippen molar-refractivity contribution >= 4 is 45.2 Å². The van der Waals surface area contributed by atoms with E-state index in [0.29, 0.717) is 10.8 Å². The van der Waals surface area contributed by atoms with E-state index in [2.05, 4.69) is 10.9 Å². The smallest absolute Gasteiger partial charge is 0.368 e. The lowest BCUT2D eigenvalue weighted by molar-refractivity contribution is -0.138. The number of halogens is 6. The Morgan fingerprint density at radius 2 is 0.852 bits per heavy atom. The highest BCUT2D eigenvalue weighted by Crippen LogP contribution is 2.36. The molecule has 54 heavy (non-hydrogen) atoms. The van der Waals surface area contributed by atoms with E-state index in [9.17, 15) is 45.5 Å². The average Bonchev–Trinajstić information content (AvgIpc) is 3.57. The Hall–Kier alpha value is -6.58. The van der Waals surface area contributed by atoms with Crippen LogP contribution in [0.25, 0.3) is 21.8 Å². The summed E-state index contributed by atoms with van der Waals surface area (Å²) in [6, 6.07) is 17.0. The number of aryl methyl sites for hydroxylation is 2.